The van der Waals surface area contributed by atoms with Crippen molar-refractivity contribution in [2.24, 2.45) is 5.92 Å². The number of hydrogen-bond donors (Lipinski definition) is 0. The quantitative estimate of drug-likeness (QED) is 0.735. The van der Waals surface area contributed by atoms with Crippen molar-refractivity contribution in [2.45, 2.75) is 38.9 Å². The highest BCUT2D eigenvalue weighted by Gasteiger charge is 2.41. The summed E-state index contributed by atoms with van der Waals surface area (Å²) < 4.78 is 21.7. The maximum absolute atomic E-state index is 11.7. The van der Waals surface area contributed by atoms with E-state index in [4.69, 9.17) is 18.6 Å². The molecule has 1 aromatic heterocycles. The van der Waals surface area contributed by atoms with Crippen LogP contribution in [0.2, 0.25) is 0 Å². The summed E-state index contributed by atoms with van der Waals surface area (Å²) in [5.41, 5.74) is 1.97. The van der Waals surface area contributed by atoms with Gasteiger partial charge in [-0.1, -0.05) is 18.2 Å². The predicted octanol–water partition coefficient (Wildman–Crippen LogP) is 3.52. The number of carbonyl (C=O) groups excluding carboxylic acids is 1. The first-order valence-electron chi connectivity index (χ1n) is 8.90. The van der Waals surface area contributed by atoms with Crippen LogP contribution in [-0.4, -0.2) is 37.1 Å². The highest BCUT2D eigenvalue weighted by molar-refractivity contribution is 5.77. The summed E-state index contributed by atoms with van der Waals surface area (Å²) in [6.45, 7) is 4.51. The number of methoxy groups -OCH3 is 1. The zero-order valence-electron chi connectivity index (χ0n) is 15.5. The topological polar surface area (TPSA) is 70.8 Å². The van der Waals surface area contributed by atoms with Gasteiger partial charge in [0.2, 0.25) is 5.89 Å². The first-order chi connectivity index (χ1) is 12.5. The average Bonchev–Trinajstić information content (AvgIpc) is 3.04. The Morgan fingerprint density at radius 2 is 1.96 bits per heavy atom. The number of ether oxygens (including phenoxy) is 3. The van der Waals surface area contributed by atoms with Crippen molar-refractivity contribution < 1.29 is 23.4 Å². The molecule has 0 amide bonds. The Balaban J connectivity index is 1.49. The Kier molecular flexibility index (Phi) is 5.74. The second-order valence-corrected chi connectivity index (χ2v) is 6.71. The van der Waals surface area contributed by atoms with Gasteiger partial charge < -0.3 is 18.6 Å². The lowest BCUT2D eigenvalue weighted by Crippen LogP contribution is -2.48. The first-order valence-corrected chi connectivity index (χ1v) is 8.90. The molecule has 1 fully saturated rings. The average molecular weight is 359 g/mol. The summed E-state index contributed by atoms with van der Waals surface area (Å²) in [5.74, 6) is 0.00381. The van der Waals surface area contributed by atoms with Gasteiger partial charge in [0, 0.05) is 18.4 Å². The normalized spacial score (nSPS) is 23.0. The molecule has 6 heteroatoms. The number of esters is 1. The summed E-state index contributed by atoms with van der Waals surface area (Å²) in [4.78, 5) is 16.3. The van der Waals surface area contributed by atoms with Crippen LogP contribution in [0.25, 0.3) is 11.5 Å². The van der Waals surface area contributed by atoms with Crippen LogP contribution in [0.5, 0.6) is 0 Å². The lowest BCUT2D eigenvalue weighted by atomic mass is 10.0. The maximum atomic E-state index is 11.7. The highest BCUT2D eigenvalue weighted by atomic mass is 16.7. The largest absolute Gasteiger partial charge is 0.465 e. The summed E-state index contributed by atoms with van der Waals surface area (Å²) in [7, 11) is 1.33. The van der Waals surface area contributed by atoms with E-state index in [2.05, 4.69) is 4.98 Å². The van der Waals surface area contributed by atoms with Crippen LogP contribution in [0.4, 0.5) is 0 Å². The van der Waals surface area contributed by atoms with Crippen LogP contribution in [0.3, 0.4) is 0 Å². The number of benzene rings is 1. The van der Waals surface area contributed by atoms with Crippen molar-refractivity contribution in [3.63, 3.8) is 0 Å². The van der Waals surface area contributed by atoms with Gasteiger partial charge in [0.1, 0.15) is 5.76 Å². The molecule has 0 unspecified atom stereocenters. The second kappa shape index (κ2) is 8.01. The van der Waals surface area contributed by atoms with Gasteiger partial charge in [-0.2, -0.15) is 0 Å². The van der Waals surface area contributed by atoms with Gasteiger partial charge in [0.25, 0.3) is 5.79 Å². The van der Waals surface area contributed by atoms with E-state index < -0.39 is 11.8 Å². The zero-order chi connectivity index (χ0) is 18.6. The molecule has 0 spiro atoms. The maximum Gasteiger partial charge on any atom is 0.366 e. The summed E-state index contributed by atoms with van der Waals surface area (Å²) in [6, 6.07) is 9.90. The van der Waals surface area contributed by atoms with E-state index in [9.17, 15) is 4.79 Å². The highest BCUT2D eigenvalue weighted by Crippen LogP contribution is 2.26. The van der Waals surface area contributed by atoms with Crippen LogP contribution in [0, 0.1) is 12.8 Å². The van der Waals surface area contributed by atoms with Gasteiger partial charge in [0.15, 0.2) is 0 Å². The minimum absolute atomic E-state index is 0.258. The van der Waals surface area contributed by atoms with E-state index >= 15 is 0 Å². The van der Waals surface area contributed by atoms with Crippen LogP contribution >= 0.6 is 0 Å². The first kappa shape index (κ1) is 18.6. The molecule has 0 N–H and O–H groups in total. The van der Waals surface area contributed by atoms with Crippen molar-refractivity contribution >= 4 is 5.97 Å². The van der Waals surface area contributed by atoms with Gasteiger partial charge >= 0.3 is 5.97 Å². The van der Waals surface area contributed by atoms with Crippen molar-refractivity contribution in [3.05, 3.63) is 41.8 Å². The molecular formula is C20H25NO5. The van der Waals surface area contributed by atoms with Crippen molar-refractivity contribution in [3.8, 4) is 11.5 Å². The number of rotatable bonds is 6. The van der Waals surface area contributed by atoms with Gasteiger partial charge in [0.05, 0.1) is 26.0 Å². The monoisotopic (exact) mass is 359 g/mol. The van der Waals surface area contributed by atoms with Crippen LogP contribution in [0.1, 0.15) is 31.2 Å². The van der Waals surface area contributed by atoms with E-state index in [1.54, 1.807) is 6.92 Å². The molecule has 0 saturated carbocycles. The molecule has 0 bridgehead atoms. The predicted molar refractivity (Wildman–Crippen MR) is 95.4 cm³/mol. The van der Waals surface area contributed by atoms with Gasteiger partial charge in [-0.25, -0.2) is 9.78 Å². The molecule has 2 aromatic rings. The number of aryl methyl sites for hydroxylation is 2. The summed E-state index contributed by atoms with van der Waals surface area (Å²) in [5, 5.41) is 0. The lowest BCUT2D eigenvalue weighted by molar-refractivity contribution is -0.272. The van der Waals surface area contributed by atoms with Crippen molar-refractivity contribution in [1.29, 1.82) is 0 Å². The fourth-order valence-corrected chi connectivity index (χ4v) is 3.04. The van der Waals surface area contributed by atoms with Crippen molar-refractivity contribution in [1.82, 2.24) is 4.98 Å². The molecule has 1 saturated heterocycles. The zero-order valence-corrected chi connectivity index (χ0v) is 15.5. The fraction of sp³-hybridized carbons (Fsp3) is 0.500. The van der Waals surface area contributed by atoms with E-state index in [-0.39, 0.29) is 5.92 Å². The molecule has 140 valence electrons. The smallest absolute Gasteiger partial charge is 0.366 e. The Labute approximate surface area is 153 Å². The molecule has 0 atom stereocenters. The molecule has 0 radical (unpaired) electrons. The number of aromatic nitrogens is 1. The minimum Gasteiger partial charge on any atom is -0.465 e. The summed E-state index contributed by atoms with van der Waals surface area (Å²) >= 11 is 0. The number of nitrogens with zero attached hydrogens (tertiary/aromatic N) is 1. The second-order valence-electron chi connectivity index (χ2n) is 6.71. The minimum atomic E-state index is -1.28. The molecule has 6 nitrogen and oxygen atoms in total. The van der Waals surface area contributed by atoms with E-state index in [1.807, 2.05) is 37.3 Å². The number of carbonyl (C=O) groups is 1. The van der Waals surface area contributed by atoms with Crippen LogP contribution < -0.4 is 0 Å². The van der Waals surface area contributed by atoms with Crippen molar-refractivity contribution in [2.75, 3.05) is 20.3 Å². The Bertz CT molecular complexity index is 732. The van der Waals surface area contributed by atoms with Crippen LogP contribution in [0.15, 0.2) is 34.7 Å². The van der Waals surface area contributed by atoms with Gasteiger partial charge in [-0.15, -0.1) is 0 Å². The molecular weight excluding hydrogens is 334 g/mol. The van der Waals surface area contributed by atoms with Gasteiger partial charge in [-0.3, -0.25) is 0 Å². The standard InChI is InChI=1S/C20H25NO5/c1-14-17(21-18(26-14)16-9-5-4-6-10-16)11-7-8-15-12-24-20(2,25-13-15)19(22)23-3/h4-6,9-10,15H,7-8,11-13H2,1-3H3/t15-,20+. The van der Waals surface area contributed by atoms with E-state index in [1.165, 1.54) is 7.11 Å². The number of oxazole rings is 1. The Morgan fingerprint density at radius 1 is 1.27 bits per heavy atom. The third kappa shape index (κ3) is 4.14. The Morgan fingerprint density at radius 3 is 2.62 bits per heavy atom. The fourth-order valence-electron chi connectivity index (χ4n) is 3.04. The molecule has 26 heavy (non-hydrogen) atoms. The molecule has 3 rings (SSSR count). The lowest BCUT2D eigenvalue weighted by Gasteiger charge is -2.35. The third-order valence-electron chi connectivity index (χ3n) is 4.68. The number of hydrogen-bond acceptors (Lipinski definition) is 6. The third-order valence-corrected chi connectivity index (χ3v) is 4.68. The SMILES string of the molecule is COC(=O)[C@]1(C)OC[C@H](CCCc2nc(-c3ccccc3)oc2C)CO1. The van der Waals surface area contributed by atoms with E-state index in [0.29, 0.717) is 19.1 Å². The summed E-state index contributed by atoms with van der Waals surface area (Å²) in [6.07, 6.45) is 2.73. The Hall–Kier alpha value is -2.18. The molecule has 2 heterocycles. The van der Waals surface area contributed by atoms with Crippen LogP contribution in [-0.2, 0) is 25.4 Å². The molecule has 1 aliphatic rings. The molecule has 1 aliphatic heterocycles. The van der Waals surface area contributed by atoms with Gasteiger partial charge in [-0.05, 0) is 38.3 Å². The molecule has 0 aliphatic carbocycles. The molecule has 1 aromatic carbocycles. The van der Waals surface area contributed by atoms with E-state index in [0.717, 1.165) is 36.3 Å².